The van der Waals surface area contributed by atoms with Crippen molar-refractivity contribution in [2.75, 3.05) is 13.1 Å². The van der Waals surface area contributed by atoms with Gasteiger partial charge in [0, 0.05) is 12.8 Å². The molecule has 2 saturated heterocycles. The van der Waals surface area contributed by atoms with Gasteiger partial charge in [-0.3, -0.25) is 4.79 Å². The molecule has 3 aliphatic rings. The number of ether oxygens (including phenoxy) is 1. The van der Waals surface area contributed by atoms with E-state index in [1.54, 1.807) is 0 Å². The topological polar surface area (TPSA) is 26.3 Å². The van der Waals surface area contributed by atoms with Gasteiger partial charge in [-0.25, -0.2) is 0 Å². The molecule has 154 valence electrons. The highest BCUT2D eigenvalue weighted by atomic mass is 16.5. The van der Waals surface area contributed by atoms with Gasteiger partial charge in [-0.1, -0.05) is 50.1 Å². The molecular weight excluding hydrogens is 346 g/mol. The molecule has 3 heteroatoms. The minimum Gasteiger partial charge on any atom is -0.456 e. The molecule has 0 spiro atoms. The molecule has 2 unspecified atom stereocenters. The molecule has 0 aromatic heterocycles. The predicted octanol–water partition coefficient (Wildman–Crippen LogP) is 5.44. The van der Waals surface area contributed by atoms with E-state index in [1.165, 1.54) is 55.2 Å². The molecule has 2 heterocycles. The lowest BCUT2D eigenvalue weighted by atomic mass is 9.75. The van der Waals surface area contributed by atoms with Gasteiger partial charge in [0.2, 0.25) is 0 Å². The Morgan fingerprint density at radius 3 is 2.57 bits per heavy atom. The van der Waals surface area contributed by atoms with E-state index in [4.69, 9.17) is 4.74 Å². The minimum absolute atomic E-state index is 0.0475. The van der Waals surface area contributed by atoms with Crippen LogP contribution in [0.3, 0.4) is 0 Å². The average molecular weight is 385 g/mol. The molecule has 1 aromatic carbocycles. The maximum absolute atomic E-state index is 13.4. The van der Waals surface area contributed by atoms with Crippen LogP contribution in [0, 0.1) is 5.92 Å². The van der Waals surface area contributed by atoms with Crippen molar-refractivity contribution in [2.45, 2.75) is 95.7 Å². The first-order valence-electron chi connectivity index (χ1n) is 11.8. The van der Waals surface area contributed by atoms with Gasteiger partial charge in [-0.2, -0.15) is 0 Å². The van der Waals surface area contributed by atoms with E-state index in [0.717, 1.165) is 25.7 Å². The number of rotatable bonds is 6. The highest BCUT2D eigenvalue weighted by Gasteiger charge is 2.57. The molecule has 2 aliphatic heterocycles. The van der Waals surface area contributed by atoms with E-state index in [2.05, 4.69) is 44.2 Å². The zero-order valence-corrected chi connectivity index (χ0v) is 17.8. The summed E-state index contributed by atoms with van der Waals surface area (Å²) in [5.41, 5.74) is 1.32. The zero-order chi connectivity index (χ0) is 19.6. The molecule has 3 nitrogen and oxygen atoms in total. The van der Waals surface area contributed by atoms with Gasteiger partial charge in [0.15, 0.2) is 6.10 Å². The van der Waals surface area contributed by atoms with Crippen molar-refractivity contribution in [3.8, 4) is 0 Å². The van der Waals surface area contributed by atoms with Gasteiger partial charge in [0.05, 0.1) is 25.0 Å². The molecular formula is C25H38NO2+. The fraction of sp³-hybridized carbons (Fsp3) is 0.720. The summed E-state index contributed by atoms with van der Waals surface area (Å²) in [7, 11) is 0. The van der Waals surface area contributed by atoms with E-state index < -0.39 is 0 Å². The van der Waals surface area contributed by atoms with Crippen LogP contribution in [-0.4, -0.2) is 41.7 Å². The number of hydrogen-bond acceptors (Lipinski definition) is 2. The van der Waals surface area contributed by atoms with E-state index in [9.17, 15) is 4.79 Å². The third-order valence-corrected chi connectivity index (χ3v) is 8.15. The fourth-order valence-electron chi connectivity index (χ4n) is 6.91. The minimum atomic E-state index is 0.0475. The van der Waals surface area contributed by atoms with Gasteiger partial charge >= 0.3 is 5.97 Å². The van der Waals surface area contributed by atoms with Crippen LogP contribution in [0.25, 0.3) is 0 Å². The van der Waals surface area contributed by atoms with Crippen LogP contribution in [0.1, 0.15) is 83.1 Å². The van der Waals surface area contributed by atoms with Crippen molar-refractivity contribution >= 4 is 5.97 Å². The first kappa shape index (κ1) is 19.9. The molecule has 6 atom stereocenters. The van der Waals surface area contributed by atoms with Crippen LogP contribution in [0.2, 0.25) is 0 Å². The van der Waals surface area contributed by atoms with Gasteiger partial charge in [0.1, 0.15) is 6.04 Å². The molecule has 1 aliphatic carbocycles. The summed E-state index contributed by atoms with van der Waals surface area (Å²) >= 11 is 0. The Morgan fingerprint density at radius 2 is 1.82 bits per heavy atom. The monoisotopic (exact) mass is 384 g/mol. The van der Waals surface area contributed by atoms with Crippen LogP contribution in [-0.2, 0) is 9.53 Å². The largest absolute Gasteiger partial charge is 0.456 e. The Bertz CT molecular complexity index is 660. The predicted molar refractivity (Wildman–Crippen MR) is 113 cm³/mol. The quantitative estimate of drug-likeness (QED) is 0.482. The molecule has 1 aromatic rings. The van der Waals surface area contributed by atoms with Crippen molar-refractivity contribution in [3.63, 3.8) is 0 Å². The zero-order valence-electron chi connectivity index (χ0n) is 17.8. The molecule has 4 rings (SSSR count). The number of esters is 1. The van der Waals surface area contributed by atoms with Crippen molar-refractivity contribution < 1.29 is 14.0 Å². The summed E-state index contributed by atoms with van der Waals surface area (Å²) < 4.78 is 7.57. The SMILES string of the molecule is CCC[N@+]1(CC)[C@H]2CCC[C@@H]1[C@H](OC(=O)C1CCCCC1c1ccccc1)C2. The molecule has 1 saturated carbocycles. The molecule has 0 N–H and O–H groups in total. The number of benzene rings is 1. The average Bonchev–Trinajstić information content (AvgIpc) is 2.88. The molecule has 0 radical (unpaired) electrons. The summed E-state index contributed by atoms with van der Waals surface area (Å²) in [5.74, 6) is 0.479. The number of carbonyl (C=O) groups excluding carboxylic acids is 1. The number of piperidine rings is 1. The van der Waals surface area contributed by atoms with Crippen molar-refractivity contribution in [1.82, 2.24) is 0 Å². The number of quaternary nitrogens is 1. The van der Waals surface area contributed by atoms with E-state index >= 15 is 0 Å². The maximum Gasteiger partial charge on any atom is 0.310 e. The van der Waals surface area contributed by atoms with Gasteiger partial charge in [-0.05, 0) is 50.5 Å². The Hall–Kier alpha value is -1.35. The summed E-state index contributed by atoms with van der Waals surface area (Å²) in [6.07, 6.45) is 10.8. The smallest absolute Gasteiger partial charge is 0.310 e. The Labute approximate surface area is 171 Å². The number of hydrogen-bond donors (Lipinski definition) is 0. The van der Waals surface area contributed by atoms with Gasteiger partial charge in [-0.15, -0.1) is 0 Å². The van der Waals surface area contributed by atoms with E-state index in [-0.39, 0.29) is 18.0 Å². The second kappa shape index (κ2) is 8.57. The fourth-order valence-corrected chi connectivity index (χ4v) is 6.91. The summed E-state index contributed by atoms with van der Waals surface area (Å²) in [6, 6.07) is 11.9. The van der Waals surface area contributed by atoms with Crippen LogP contribution in [0.5, 0.6) is 0 Å². The lowest BCUT2D eigenvalue weighted by Crippen LogP contribution is -2.60. The number of nitrogens with zero attached hydrogens (tertiary/aromatic N) is 1. The normalized spacial score (nSPS) is 37.6. The molecule has 28 heavy (non-hydrogen) atoms. The number of carbonyl (C=O) groups is 1. The summed E-state index contributed by atoms with van der Waals surface area (Å²) in [6.45, 7) is 7.08. The van der Waals surface area contributed by atoms with Gasteiger partial charge in [0.25, 0.3) is 0 Å². The Kier molecular flexibility index (Phi) is 6.10. The van der Waals surface area contributed by atoms with Crippen LogP contribution >= 0.6 is 0 Å². The van der Waals surface area contributed by atoms with E-state index in [0.29, 0.717) is 18.0 Å². The molecule has 3 fully saturated rings. The third kappa shape index (κ3) is 3.51. The lowest BCUT2D eigenvalue weighted by Gasteiger charge is -2.47. The summed E-state index contributed by atoms with van der Waals surface area (Å²) in [5, 5.41) is 0. The maximum atomic E-state index is 13.4. The highest BCUT2D eigenvalue weighted by molar-refractivity contribution is 5.74. The second-order valence-electron chi connectivity index (χ2n) is 9.41. The van der Waals surface area contributed by atoms with Crippen molar-refractivity contribution in [3.05, 3.63) is 35.9 Å². The number of fused-ring (bicyclic) bond motifs is 2. The van der Waals surface area contributed by atoms with E-state index in [1.807, 2.05) is 0 Å². The highest BCUT2D eigenvalue weighted by Crippen LogP contribution is 2.45. The Balaban J connectivity index is 1.50. The van der Waals surface area contributed by atoms with Crippen LogP contribution in [0.4, 0.5) is 0 Å². The third-order valence-electron chi connectivity index (χ3n) is 8.15. The lowest BCUT2D eigenvalue weighted by molar-refractivity contribution is -0.965. The van der Waals surface area contributed by atoms with Crippen LogP contribution < -0.4 is 0 Å². The van der Waals surface area contributed by atoms with Gasteiger partial charge < -0.3 is 9.22 Å². The first-order chi connectivity index (χ1) is 13.7. The molecule has 2 bridgehead atoms. The van der Waals surface area contributed by atoms with Crippen LogP contribution in [0.15, 0.2) is 30.3 Å². The summed E-state index contributed by atoms with van der Waals surface area (Å²) in [4.78, 5) is 13.4. The Morgan fingerprint density at radius 1 is 1.04 bits per heavy atom. The number of likely N-dealkylation sites (N-methyl/N-ethyl adjacent to an activating group) is 1. The standard InChI is InChI=1S/C25H38NO2/c1-3-17-26(4-2)20-13-10-16-23(26)24(18-20)28-25(27)22-15-9-8-14-21(22)19-11-6-5-7-12-19/h5-7,11-12,20-24H,3-4,8-10,13-18H2,1-2H3/q+1/t20-,21?,22?,23+,24+,26+/m0/s1. The van der Waals surface area contributed by atoms with Crippen molar-refractivity contribution in [2.24, 2.45) is 5.92 Å². The molecule has 0 amide bonds. The van der Waals surface area contributed by atoms with Crippen molar-refractivity contribution in [1.29, 1.82) is 0 Å². The first-order valence-corrected chi connectivity index (χ1v) is 11.8. The second-order valence-corrected chi connectivity index (χ2v) is 9.41.